The number of rotatable bonds is 3. The van der Waals surface area contributed by atoms with Crippen LogP contribution >= 0.6 is 11.3 Å². The van der Waals surface area contributed by atoms with Crippen molar-refractivity contribution >= 4 is 22.9 Å². The number of hydrogen-bond donors (Lipinski definition) is 1. The largest absolute Gasteiger partial charge is 0.324 e. The second-order valence-corrected chi connectivity index (χ2v) is 4.70. The first-order chi connectivity index (χ1) is 8.15. The third kappa shape index (κ3) is 3.04. The van der Waals surface area contributed by atoms with Crippen molar-refractivity contribution in [1.29, 1.82) is 0 Å². The third-order valence-corrected chi connectivity index (χ3v) is 3.16. The minimum absolute atomic E-state index is 0.0777. The summed E-state index contributed by atoms with van der Waals surface area (Å²) in [5.74, 6) is -0.0777. The van der Waals surface area contributed by atoms with Crippen LogP contribution in [0.5, 0.6) is 0 Å². The van der Waals surface area contributed by atoms with Crippen LogP contribution in [0.3, 0.4) is 0 Å². The lowest BCUT2D eigenvalue weighted by atomic mass is 10.3. The van der Waals surface area contributed by atoms with E-state index in [0.29, 0.717) is 12.1 Å². The molecule has 4 nitrogen and oxygen atoms in total. The fraction of sp³-hybridized carbons (Fsp3) is 0.167. The molecule has 5 heteroatoms. The van der Waals surface area contributed by atoms with Crippen LogP contribution in [0.15, 0.2) is 40.6 Å². The smallest absolute Gasteiger partial charge is 0.250 e. The van der Waals surface area contributed by atoms with Crippen LogP contribution in [0.4, 0.5) is 5.69 Å². The molecule has 0 bridgehead atoms. The van der Waals surface area contributed by atoms with E-state index in [-0.39, 0.29) is 11.5 Å². The molecule has 0 aromatic carbocycles. The normalized spacial score (nSPS) is 10.2. The van der Waals surface area contributed by atoms with Gasteiger partial charge in [0.15, 0.2) is 0 Å². The molecule has 1 amide bonds. The molecule has 0 aliphatic carbocycles. The summed E-state index contributed by atoms with van der Waals surface area (Å²) < 4.78 is 1.43. The fourth-order valence-corrected chi connectivity index (χ4v) is 2.15. The lowest BCUT2D eigenvalue weighted by Crippen LogP contribution is -2.18. The van der Waals surface area contributed by atoms with Crippen LogP contribution < -0.4 is 10.9 Å². The minimum atomic E-state index is -0.0961. The highest BCUT2D eigenvalue weighted by atomic mass is 32.1. The van der Waals surface area contributed by atoms with E-state index in [0.717, 1.165) is 4.88 Å². The van der Waals surface area contributed by atoms with E-state index in [1.54, 1.807) is 30.6 Å². The summed E-state index contributed by atoms with van der Waals surface area (Å²) in [5, 5.41) is 4.70. The molecular weight excluding hydrogens is 236 g/mol. The number of aryl methyl sites for hydroxylation is 1. The summed E-state index contributed by atoms with van der Waals surface area (Å²) in [4.78, 5) is 23.9. The SMILES string of the molecule is Cn1cc(NC(=O)Cc2cccs2)ccc1=O. The highest BCUT2D eigenvalue weighted by molar-refractivity contribution is 7.10. The second kappa shape index (κ2) is 4.97. The number of aromatic nitrogens is 1. The van der Waals surface area contributed by atoms with Gasteiger partial charge in [-0.3, -0.25) is 9.59 Å². The number of anilines is 1. The van der Waals surface area contributed by atoms with Crippen molar-refractivity contribution in [3.05, 3.63) is 51.1 Å². The van der Waals surface area contributed by atoms with Crippen molar-refractivity contribution in [2.75, 3.05) is 5.32 Å². The molecule has 0 atom stereocenters. The molecule has 2 aromatic heterocycles. The van der Waals surface area contributed by atoms with Crippen LogP contribution in [0.1, 0.15) is 4.88 Å². The molecule has 0 radical (unpaired) electrons. The molecular formula is C12H12N2O2S. The van der Waals surface area contributed by atoms with E-state index in [1.807, 2.05) is 17.5 Å². The van der Waals surface area contributed by atoms with Crippen LogP contribution in [0.25, 0.3) is 0 Å². The molecule has 2 rings (SSSR count). The maximum atomic E-state index is 11.7. The van der Waals surface area contributed by atoms with Crippen molar-refractivity contribution in [3.8, 4) is 0 Å². The molecule has 1 N–H and O–H groups in total. The number of thiophene rings is 1. The zero-order chi connectivity index (χ0) is 12.3. The van der Waals surface area contributed by atoms with E-state index in [4.69, 9.17) is 0 Å². The molecule has 17 heavy (non-hydrogen) atoms. The van der Waals surface area contributed by atoms with Gasteiger partial charge in [-0.25, -0.2) is 0 Å². The van der Waals surface area contributed by atoms with E-state index in [9.17, 15) is 9.59 Å². The van der Waals surface area contributed by atoms with Crippen molar-refractivity contribution in [1.82, 2.24) is 4.57 Å². The van der Waals surface area contributed by atoms with Crippen LogP contribution in [-0.4, -0.2) is 10.5 Å². The van der Waals surface area contributed by atoms with Gasteiger partial charge in [-0.05, 0) is 17.5 Å². The summed E-state index contributed by atoms with van der Waals surface area (Å²) >= 11 is 1.55. The Morgan fingerprint density at radius 2 is 2.24 bits per heavy atom. The molecule has 0 aliphatic rings. The molecule has 0 saturated heterocycles. The molecule has 0 spiro atoms. The Hall–Kier alpha value is -1.88. The summed E-state index contributed by atoms with van der Waals surface area (Å²) in [6.45, 7) is 0. The predicted octanol–water partition coefficient (Wildman–Crippen LogP) is 1.63. The van der Waals surface area contributed by atoms with Gasteiger partial charge in [0.2, 0.25) is 11.5 Å². The van der Waals surface area contributed by atoms with Crippen molar-refractivity contribution < 1.29 is 4.79 Å². The van der Waals surface area contributed by atoms with Gasteiger partial charge in [0, 0.05) is 24.2 Å². The van der Waals surface area contributed by atoms with Gasteiger partial charge < -0.3 is 9.88 Å². The Labute approximate surface area is 103 Å². The first-order valence-electron chi connectivity index (χ1n) is 5.14. The maximum Gasteiger partial charge on any atom is 0.250 e. The van der Waals surface area contributed by atoms with Crippen molar-refractivity contribution in [2.45, 2.75) is 6.42 Å². The zero-order valence-corrected chi connectivity index (χ0v) is 10.2. The summed E-state index contributed by atoms with van der Waals surface area (Å²) in [7, 11) is 1.65. The number of pyridine rings is 1. The van der Waals surface area contributed by atoms with E-state index in [1.165, 1.54) is 10.6 Å². The summed E-state index contributed by atoms with van der Waals surface area (Å²) in [6, 6.07) is 6.87. The van der Waals surface area contributed by atoms with Crippen LogP contribution in [0.2, 0.25) is 0 Å². The monoisotopic (exact) mass is 248 g/mol. The topological polar surface area (TPSA) is 51.1 Å². The second-order valence-electron chi connectivity index (χ2n) is 3.67. The Morgan fingerprint density at radius 1 is 1.41 bits per heavy atom. The number of nitrogens with one attached hydrogen (secondary N) is 1. The number of nitrogens with zero attached hydrogens (tertiary/aromatic N) is 1. The van der Waals surface area contributed by atoms with Crippen molar-refractivity contribution in [2.24, 2.45) is 7.05 Å². The zero-order valence-electron chi connectivity index (χ0n) is 9.34. The Bertz CT molecular complexity index is 572. The lowest BCUT2D eigenvalue weighted by Gasteiger charge is -2.05. The van der Waals surface area contributed by atoms with Gasteiger partial charge in [-0.1, -0.05) is 6.07 Å². The average Bonchev–Trinajstić information content (AvgIpc) is 2.76. The van der Waals surface area contributed by atoms with Gasteiger partial charge in [-0.15, -0.1) is 11.3 Å². The molecule has 0 saturated carbocycles. The maximum absolute atomic E-state index is 11.7. The number of hydrogen-bond acceptors (Lipinski definition) is 3. The summed E-state index contributed by atoms with van der Waals surface area (Å²) in [5.41, 5.74) is 0.537. The van der Waals surface area contributed by atoms with E-state index < -0.39 is 0 Å². The van der Waals surface area contributed by atoms with Gasteiger partial charge in [0.25, 0.3) is 0 Å². The Morgan fingerprint density at radius 3 is 2.88 bits per heavy atom. The highest BCUT2D eigenvalue weighted by Crippen LogP contribution is 2.10. The number of carbonyl (C=O) groups excluding carboxylic acids is 1. The van der Waals surface area contributed by atoms with Crippen molar-refractivity contribution in [3.63, 3.8) is 0 Å². The third-order valence-electron chi connectivity index (χ3n) is 2.28. The van der Waals surface area contributed by atoms with Crippen LogP contribution in [-0.2, 0) is 18.3 Å². The molecule has 2 aromatic rings. The standard InChI is InChI=1S/C12H12N2O2S/c1-14-8-9(4-5-12(14)16)13-11(15)7-10-3-2-6-17-10/h2-6,8H,7H2,1H3,(H,13,15). The lowest BCUT2D eigenvalue weighted by molar-refractivity contribution is -0.115. The number of carbonyl (C=O) groups is 1. The quantitative estimate of drug-likeness (QED) is 0.897. The Balaban J connectivity index is 2.03. The van der Waals surface area contributed by atoms with Gasteiger partial charge in [0.1, 0.15) is 0 Å². The highest BCUT2D eigenvalue weighted by Gasteiger charge is 2.05. The van der Waals surface area contributed by atoms with E-state index >= 15 is 0 Å². The molecule has 0 aliphatic heterocycles. The van der Waals surface area contributed by atoms with Gasteiger partial charge in [-0.2, -0.15) is 0 Å². The summed E-state index contributed by atoms with van der Waals surface area (Å²) in [6.07, 6.45) is 1.97. The number of amides is 1. The van der Waals surface area contributed by atoms with Gasteiger partial charge >= 0.3 is 0 Å². The van der Waals surface area contributed by atoms with Crippen LogP contribution in [0, 0.1) is 0 Å². The molecule has 88 valence electrons. The Kier molecular flexibility index (Phi) is 3.39. The first-order valence-corrected chi connectivity index (χ1v) is 6.02. The van der Waals surface area contributed by atoms with E-state index in [2.05, 4.69) is 5.32 Å². The predicted molar refractivity (Wildman–Crippen MR) is 68.3 cm³/mol. The fourth-order valence-electron chi connectivity index (χ4n) is 1.44. The average molecular weight is 248 g/mol. The first kappa shape index (κ1) is 11.6. The molecule has 0 fully saturated rings. The van der Waals surface area contributed by atoms with Gasteiger partial charge in [0.05, 0.1) is 12.1 Å². The molecule has 2 heterocycles. The molecule has 0 unspecified atom stereocenters. The minimum Gasteiger partial charge on any atom is -0.324 e.